The lowest BCUT2D eigenvalue weighted by molar-refractivity contribution is 0.0985. The number of ether oxygens (including phenoxy) is 1. The molecule has 8 nitrogen and oxygen atoms in total. The third-order valence-corrected chi connectivity index (χ3v) is 11.1. The fourth-order valence-electron chi connectivity index (χ4n) is 8.54. The van der Waals surface area contributed by atoms with E-state index >= 15 is 4.79 Å². The summed E-state index contributed by atoms with van der Waals surface area (Å²) < 4.78 is 6.97. The lowest BCUT2D eigenvalue weighted by Gasteiger charge is -2.45. The maximum Gasteiger partial charge on any atom is 0.260 e. The third kappa shape index (κ3) is 6.40. The number of pyridine rings is 2. The molecule has 0 radical (unpaired) electrons. The van der Waals surface area contributed by atoms with Crippen LogP contribution >= 0.6 is 0 Å². The summed E-state index contributed by atoms with van der Waals surface area (Å²) in [4.78, 5) is 33.7. The third-order valence-electron chi connectivity index (χ3n) is 11.1. The standard InChI is InChI=1S/C47H48N6O2/c1-5-51(6-2)37-23-25-41-44(29-37)55-45-30-38(52(7-3)8-4)24-26-42(45)47(41)40-21-11-10-20-39(40)46(54)53(47)43-22-12-9-17-34(43)31-50(32-35-18-13-15-27-48-35)33-36-19-14-16-28-49-36/h9-30H,5-8,31-33H2,1-4H3. The van der Waals surface area contributed by atoms with Gasteiger partial charge in [0, 0.05) is 104 Å². The highest BCUT2D eigenvalue weighted by Gasteiger charge is 2.57. The average Bonchev–Trinajstić information content (AvgIpc) is 3.47. The quantitative estimate of drug-likeness (QED) is 0.117. The van der Waals surface area contributed by atoms with E-state index in [1.165, 1.54) is 0 Å². The van der Waals surface area contributed by atoms with Crippen molar-refractivity contribution in [1.29, 1.82) is 0 Å². The second-order valence-electron chi connectivity index (χ2n) is 14.1. The molecule has 0 bridgehead atoms. The zero-order valence-corrected chi connectivity index (χ0v) is 32.2. The largest absolute Gasteiger partial charge is 0.456 e. The summed E-state index contributed by atoms with van der Waals surface area (Å²) in [5.41, 5.74) is 8.54. The van der Waals surface area contributed by atoms with Crippen molar-refractivity contribution in [2.45, 2.75) is 52.9 Å². The van der Waals surface area contributed by atoms with Gasteiger partial charge in [-0.1, -0.05) is 60.7 Å². The summed E-state index contributed by atoms with van der Waals surface area (Å²) in [6.45, 7) is 14.0. The molecule has 0 saturated heterocycles. The van der Waals surface area contributed by atoms with Gasteiger partial charge in [-0.25, -0.2) is 0 Å². The Morgan fingerprint density at radius 1 is 0.582 bits per heavy atom. The van der Waals surface area contributed by atoms with Gasteiger partial charge < -0.3 is 14.5 Å². The van der Waals surface area contributed by atoms with Crippen LogP contribution in [0.5, 0.6) is 11.5 Å². The van der Waals surface area contributed by atoms with Gasteiger partial charge in [-0.05, 0) is 81.8 Å². The Morgan fingerprint density at radius 3 is 1.65 bits per heavy atom. The zero-order chi connectivity index (χ0) is 37.9. The summed E-state index contributed by atoms with van der Waals surface area (Å²) in [5.74, 6) is 1.48. The summed E-state index contributed by atoms with van der Waals surface area (Å²) in [5, 5.41) is 0. The Balaban J connectivity index is 1.34. The lowest BCUT2D eigenvalue weighted by atomic mass is 9.74. The Kier molecular flexibility index (Phi) is 10.1. The molecule has 278 valence electrons. The lowest BCUT2D eigenvalue weighted by Crippen LogP contribution is -2.48. The van der Waals surface area contributed by atoms with E-state index in [1.807, 2.05) is 60.9 Å². The molecule has 0 unspecified atom stereocenters. The molecular formula is C47H48N6O2. The van der Waals surface area contributed by atoms with Gasteiger partial charge in [-0.2, -0.15) is 0 Å². The predicted molar refractivity (Wildman–Crippen MR) is 221 cm³/mol. The fourth-order valence-corrected chi connectivity index (χ4v) is 8.54. The molecule has 1 amide bonds. The van der Waals surface area contributed by atoms with Crippen LogP contribution in [0.15, 0.2) is 134 Å². The van der Waals surface area contributed by atoms with E-state index < -0.39 is 5.54 Å². The molecule has 2 aliphatic heterocycles. The zero-order valence-electron chi connectivity index (χ0n) is 32.2. The number of nitrogens with zero attached hydrogens (tertiary/aromatic N) is 6. The molecule has 1 spiro atoms. The van der Waals surface area contributed by atoms with Crippen LogP contribution in [-0.4, -0.2) is 47.0 Å². The van der Waals surface area contributed by atoms with E-state index in [1.54, 1.807) is 0 Å². The van der Waals surface area contributed by atoms with E-state index in [-0.39, 0.29) is 5.91 Å². The normalized spacial score (nSPS) is 13.7. The van der Waals surface area contributed by atoms with Crippen molar-refractivity contribution in [3.05, 3.63) is 173 Å². The smallest absolute Gasteiger partial charge is 0.260 e. The first-order valence-corrected chi connectivity index (χ1v) is 19.5. The molecule has 0 atom stereocenters. The maximum atomic E-state index is 15.3. The number of carbonyl (C=O) groups is 1. The van der Waals surface area contributed by atoms with Gasteiger partial charge in [-0.15, -0.1) is 0 Å². The van der Waals surface area contributed by atoms with Gasteiger partial charge in [0.05, 0.1) is 17.1 Å². The Bertz CT molecular complexity index is 2180. The number of anilines is 3. The number of amides is 1. The Labute approximate surface area is 324 Å². The van der Waals surface area contributed by atoms with Crippen molar-refractivity contribution in [1.82, 2.24) is 14.9 Å². The number of hydrogen-bond acceptors (Lipinski definition) is 7. The number of para-hydroxylation sites is 1. The first-order valence-electron chi connectivity index (χ1n) is 19.5. The van der Waals surface area contributed by atoms with Crippen LogP contribution in [0.3, 0.4) is 0 Å². The monoisotopic (exact) mass is 728 g/mol. The maximum absolute atomic E-state index is 15.3. The number of fused-ring (bicyclic) bond motifs is 6. The van der Waals surface area contributed by atoms with Crippen LogP contribution in [-0.2, 0) is 25.2 Å². The van der Waals surface area contributed by atoms with Gasteiger partial charge in [0.15, 0.2) is 0 Å². The number of aromatic nitrogens is 2. The van der Waals surface area contributed by atoms with Crippen molar-refractivity contribution in [3.63, 3.8) is 0 Å². The summed E-state index contributed by atoms with van der Waals surface area (Å²) in [6, 6.07) is 41.6. The number of carbonyl (C=O) groups excluding carboxylic acids is 1. The molecule has 0 fully saturated rings. The molecule has 6 aromatic rings. The van der Waals surface area contributed by atoms with E-state index in [0.29, 0.717) is 25.2 Å². The van der Waals surface area contributed by atoms with Crippen LogP contribution < -0.4 is 19.4 Å². The van der Waals surface area contributed by atoms with E-state index in [0.717, 1.165) is 88.4 Å². The van der Waals surface area contributed by atoms with Gasteiger partial charge in [0.1, 0.15) is 17.0 Å². The van der Waals surface area contributed by atoms with Crippen LogP contribution in [0.4, 0.5) is 17.1 Å². The minimum atomic E-state index is -0.997. The highest BCUT2D eigenvalue weighted by molar-refractivity contribution is 6.14. The van der Waals surface area contributed by atoms with Crippen molar-refractivity contribution in [2.24, 2.45) is 0 Å². The summed E-state index contributed by atoms with van der Waals surface area (Å²) >= 11 is 0. The first kappa shape index (κ1) is 36.0. The Morgan fingerprint density at radius 2 is 1.11 bits per heavy atom. The number of rotatable bonds is 13. The van der Waals surface area contributed by atoms with Crippen LogP contribution in [0.1, 0.15) is 71.7 Å². The molecule has 0 N–H and O–H groups in total. The summed E-state index contributed by atoms with van der Waals surface area (Å²) in [7, 11) is 0. The average molecular weight is 729 g/mol. The number of hydrogen-bond donors (Lipinski definition) is 0. The first-order chi connectivity index (χ1) is 27.0. The van der Waals surface area contributed by atoms with Crippen molar-refractivity contribution >= 4 is 23.0 Å². The molecule has 4 heterocycles. The predicted octanol–water partition coefficient (Wildman–Crippen LogP) is 9.43. The van der Waals surface area contributed by atoms with E-state index in [9.17, 15) is 0 Å². The molecule has 8 heteroatoms. The summed E-state index contributed by atoms with van der Waals surface area (Å²) in [6.07, 6.45) is 3.67. The SMILES string of the molecule is CCN(CC)c1ccc2c(c1)Oc1cc(N(CC)CC)ccc1C21c2ccccc2C(=O)N1c1ccccc1CN(Cc1ccccn1)Cc1ccccn1. The van der Waals surface area contributed by atoms with Crippen molar-refractivity contribution in [3.8, 4) is 11.5 Å². The van der Waals surface area contributed by atoms with Crippen LogP contribution in [0.2, 0.25) is 0 Å². The highest BCUT2D eigenvalue weighted by atomic mass is 16.5. The van der Waals surface area contributed by atoms with Crippen molar-refractivity contribution in [2.75, 3.05) is 40.9 Å². The fraction of sp³-hybridized carbons (Fsp3) is 0.255. The van der Waals surface area contributed by atoms with E-state index in [4.69, 9.17) is 4.74 Å². The molecule has 0 aliphatic carbocycles. The van der Waals surface area contributed by atoms with Gasteiger partial charge in [-0.3, -0.25) is 24.6 Å². The minimum absolute atomic E-state index is 0.0384. The minimum Gasteiger partial charge on any atom is -0.456 e. The second kappa shape index (κ2) is 15.4. The molecule has 2 aliphatic rings. The van der Waals surface area contributed by atoms with Crippen LogP contribution in [0.25, 0.3) is 0 Å². The topological polar surface area (TPSA) is 65.0 Å². The second-order valence-corrected chi connectivity index (χ2v) is 14.1. The Hall–Kier alpha value is -5.99. The van der Waals surface area contributed by atoms with Gasteiger partial charge in [0.2, 0.25) is 0 Å². The molecule has 2 aromatic heterocycles. The molecule has 4 aromatic carbocycles. The van der Waals surface area contributed by atoms with Crippen molar-refractivity contribution < 1.29 is 9.53 Å². The number of benzene rings is 4. The molecule has 0 saturated carbocycles. The molecular weight excluding hydrogens is 681 g/mol. The van der Waals surface area contributed by atoms with Gasteiger partial charge >= 0.3 is 0 Å². The van der Waals surface area contributed by atoms with Gasteiger partial charge in [0.25, 0.3) is 5.91 Å². The highest BCUT2D eigenvalue weighted by Crippen LogP contribution is 2.59. The molecule has 55 heavy (non-hydrogen) atoms. The molecule has 8 rings (SSSR count). The van der Waals surface area contributed by atoms with E-state index in [2.05, 4.69) is 130 Å². The van der Waals surface area contributed by atoms with Crippen LogP contribution in [0, 0.1) is 0 Å².